The quantitative estimate of drug-likeness (QED) is 0.542. The molecule has 6 nitrogen and oxygen atoms in total. The van der Waals surface area contributed by atoms with Crippen molar-refractivity contribution in [3.63, 3.8) is 0 Å². The molecule has 1 N–H and O–H groups in total. The smallest absolute Gasteiger partial charge is 0.352 e. The molecule has 0 spiro atoms. The predicted octanol–water partition coefficient (Wildman–Crippen LogP) is 4.46. The Kier molecular flexibility index (Phi) is 4.59. The summed E-state index contributed by atoms with van der Waals surface area (Å²) >= 11 is 0. The summed E-state index contributed by atoms with van der Waals surface area (Å²) in [4.78, 5) is 31.3. The van der Waals surface area contributed by atoms with Gasteiger partial charge in [0.15, 0.2) is 0 Å². The van der Waals surface area contributed by atoms with Crippen LogP contribution < -0.4 is 4.90 Å². The van der Waals surface area contributed by atoms with Crippen LogP contribution in [-0.4, -0.2) is 26.5 Å². The normalized spacial score (nSPS) is 12.6. The zero-order chi connectivity index (χ0) is 21.4. The van der Waals surface area contributed by atoms with Gasteiger partial charge in [0, 0.05) is 23.1 Å². The lowest BCUT2D eigenvalue weighted by Gasteiger charge is -2.22. The predicted molar refractivity (Wildman–Crippen MR) is 117 cm³/mol. The molecule has 3 heterocycles. The van der Waals surface area contributed by atoms with Crippen molar-refractivity contribution in [2.24, 2.45) is 0 Å². The summed E-state index contributed by atoms with van der Waals surface area (Å²) < 4.78 is 1.76. The van der Waals surface area contributed by atoms with Crippen molar-refractivity contribution < 1.29 is 14.7 Å². The van der Waals surface area contributed by atoms with E-state index in [0.717, 1.165) is 28.2 Å². The van der Waals surface area contributed by atoms with Crippen LogP contribution in [0.4, 0.5) is 5.69 Å². The summed E-state index contributed by atoms with van der Waals surface area (Å²) in [6.45, 7) is 0.679. The van der Waals surface area contributed by atoms with Gasteiger partial charge in [-0.25, -0.2) is 4.79 Å². The Balaban J connectivity index is 1.52. The molecule has 0 saturated heterocycles. The van der Waals surface area contributed by atoms with Gasteiger partial charge in [0.2, 0.25) is 0 Å². The monoisotopic (exact) mass is 409 g/mol. The second kappa shape index (κ2) is 7.57. The minimum absolute atomic E-state index is 0.175. The lowest BCUT2D eigenvalue weighted by atomic mass is 10.1. The van der Waals surface area contributed by atoms with E-state index in [1.807, 2.05) is 60.7 Å². The third-order valence-electron chi connectivity index (χ3n) is 5.55. The van der Waals surface area contributed by atoms with Crippen LogP contribution in [0.5, 0.6) is 0 Å². The van der Waals surface area contributed by atoms with E-state index in [2.05, 4.69) is 4.98 Å². The molecule has 1 aliphatic heterocycles. The molecule has 2 aromatic carbocycles. The van der Waals surface area contributed by atoms with E-state index in [1.54, 1.807) is 33.9 Å². The maximum absolute atomic E-state index is 13.5. The van der Waals surface area contributed by atoms with E-state index >= 15 is 0 Å². The minimum Gasteiger partial charge on any atom is -0.477 e. The number of rotatable bonds is 3. The van der Waals surface area contributed by atoms with Crippen LogP contribution in [0.3, 0.4) is 0 Å². The van der Waals surface area contributed by atoms with E-state index in [0.29, 0.717) is 12.1 Å². The summed E-state index contributed by atoms with van der Waals surface area (Å²) in [5.74, 6) is -1.16. The summed E-state index contributed by atoms with van der Waals surface area (Å²) in [7, 11) is 0. The van der Waals surface area contributed by atoms with Crippen LogP contribution >= 0.6 is 0 Å². The first-order chi connectivity index (χ1) is 15.1. The van der Waals surface area contributed by atoms with Crippen LogP contribution in [0.2, 0.25) is 0 Å². The Bertz CT molecular complexity index is 1280. The van der Waals surface area contributed by atoms with Gasteiger partial charge in [-0.15, -0.1) is 0 Å². The topological polar surface area (TPSA) is 75.4 Å². The van der Waals surface area contributed by atoms with Crippen molar-refractivity contribution in [1.29, 1.82) is 0 Å². The highest BCUT2D eigenvalue weighted by Gasteiger charge is 2.27. The first-order valence-corrected chi connectivity index (χ1v) is 9.95. The molecule has 6 heteroatoms. The fourth-order valence-corrected chi connectivity index (χ4v) is 3.98. The number of amides is 1. The van der Waals surface area contributed by atoms with Gasteiger partial charge in [0.1, 0.15) is 5.69 Å². The number of aromatic carboxylic acids is 1. The first kappa shape index (κ1) is 18.8. The summed E-state index contributed by atoms with van der Waals surface area (Å²) in [5.41, 5.74) is 4.92. The van der Waals surface area contributed by atoms with E-state index < -0.39 is 5.97 Å². The molecule has 1 aliphatic rings. The van der Waals surface area contributed by atoms with Crippen LogP contribution in [0.25, 0.3) is 11.3 Å². The lowest BCUT2D eigenvalue weighted by Crippen LogP contribution is -2.30. The maximum atomic E-state index is 13.5. The van der Waals surface area contributed by atoms with Gasteiger partial charge in [-0.3, -0.25) is 9.78 Å². The molecule has 4 aromatic rings. The van der Waals surface area contributed by atoms with Crippen LogP contribution in [0.15, 0.2) is 85.1 Å². The Morgan fingerprint density at radius 2 is 1.61 bits per heavy atom. The molecule has 1 amide bonds. The van der Waals surface area contributed by atoms with E-state index in [-0.39, 0.29) is 18.1 Å². The number of hydrogen-bond donors (Lipinski definition) is 1. The van der Waals surface area contributed by atoms with Crippen LogP contribution in [-0.2, 0) is 13.1 Å². The molecular weight excluding hydrogens is 390 g/mol. The van der Waals surface area contributed by atoms with Gasteiger partial charge in [0.25, 0.3) is 5.91 Å². The fourth-order valence-electron chi connectivity index (χ4n) is 3.98. The average molecular weight is 409 g/mol. The highest BCUT2D eigenvalue weighted by Crippen LogP contribution is 2.30. The molecule has 31 heavy (non-hydrogen) atoms. The Morgan fingerprint density at radius 3 is 2.35 bits per heavy atom. The summed E-state index contributed by atoms with van der Waals surface area (Å²) in [6.07, 6.45) is 1.60. The highest BCUT2D eigenvalue weighted by atomic mass is 16.4. The van der Waals surface area contributed by atoms with Crippen LogP contribution in [0.1, 0.15) is 32.1 Å². The number of para-hydroxylation sites is 1. The number of carbonyl (C=O) groups is 2. The van der Waals surface area contributed by atoms with Crippen molar-refractivity contribution in [2.45, 2.75) is 13.1 Å². The Morgan fingerprint density at radius 1 is 0.839 bits per heavy atom. The maximum Gasteiger partial charge on any atom is 0.352 e. The standard InChI is InChI=1S/C25H19N3O3/c29-24(18-10-12-21(26-14-18)17-6-2-1-3-7-17)28-16-20-11-13-23(25(30)31)27(20)15-19-8-4-5-9-22(19)28/h1-14H,15-16H2,(H,30,31). The third kappa shape index (κ3) is 3.38. The van der Waals surface area contributed by atoms with Gasteiger partial charge < -0.3 is 14.6 Å². The lowest BCUT2D eigenvalue weighted by molar-refractivity contribution is 0.0685. The molecule has 0 aliphatic carbocycles. The van der Waals surface area contributed by atoms with Gasteiger partial charge in [-0.1, -0.05) is 48.5 Å². The summed E-state index contributed by atoms with van der Waals surface area (Å²) in [5, 5.41) is 9.53. The average Bonchev–Trinajstić information content (AvgIpc) is 3.13. The minimum atomic E-state index is -0.982. The van der Waals surface area contributed by atoms with Crippen molar-refractivity contribution in [3.8, 4) is 11.3 Å². The van der Waals surface area contributed by atoms with E-state index in [9.17, 15) is 14.7 Å². The van der Waals surface area contributed by atoms with Gasteiger partial charge >= 0.3 is 5.97 Å². The van der Waals surface area contributed by atoms with E-state index in [1.165, 1.54) is 0 Å². The number of nitrogens with zero attached hydrogens (tertiary/aromatic N) is 3. The molecule has 0 unspecified atom stereocenters. The molecule has 152 valence electrons. The number of carboxylic acids is 1. The van der Waals surface area contributed by atoms with Gasteiger partial charge in [-0.2, -0.15) is 0 Å². The van der Waals surface area contributed by atoms with E-state index in [4.69, 9.17) is 0 Å². The Labute approximate surface area is 179 Å². The zero-order valence-corrected chi connectivity index (χ0v) is 16.6. The highest BCUT2D eigenvalue weighted by molar-refractivity contribution is 6.06. The largest absolute Gasteiger partial charge is 0.477 e. The number of pyridine rings is 1. The third-order valence-corrected chi connectivity index (χ3v) is 5.55. The van der Waals surface area contributed by atoms with Crippen molar-refractivity contribution in [1.82, 2.24) is 9.55 Å². The second-order valence-corrected chi connectivity index (χ2v) is 7.42. The second-order valence-electron chi connectivity index (χ2n) is 7.42. The number of anilines is 1. The molecule has 0 saturated carbocycles. The van der Waals surface area contributed by atoms with Gasteiger partial charge in [0.05, 0.1) is 24.3 Å². The number of carbonyl (C=O) groups excluding carboxylic acids is 1. The fraction of sp³-hybridized carbons (Fsp3) is 0.0800. The number of hydrogen-bond acceptors (Lipinski definition) is 3. The molecule has 2 aromatic heterocycles. The molecule has 0 bridgehead atoms. The van der Waals surface area contributed by atoms with Crippen molar-refractivity contribution in [2.75, 3.05) is 4.90 Å². The number of aromatic nitrogens is 2. The molecule has 0 radical (unpaired) electrons. The number of fused-ring (bicyclic) bond motifs is 2. The Hall–Kier alpha value is -4.19. The summed E-state index contributed by atoms with van der Waals surface area (Å²) in [6, 6.07) is 24.4. The van der Waals surface area contributed by atoms with Gasteiger partial charge in [-0.05, 0) is 35.9 Å². The molecular formula is C25H19N3O3. The first-order valence-electron chi connectivity index (χ1n) is 9.95. The number of carboxylic acid groups (broad SMARTS) is 1. The zero-order valence-electron chi connectivity index (χ0n) is 16.6. The molecule has 0 fully saturated rings. The van der Waals surface area contributed by atoms with Crippen molar-refractivity contribution >= 4 is 17.6 Å². The van der Waals surface area contributed by atoms with Crippen molar-refractivity contribution in [3.05, 3.63) is 108 Å². The SMILES string of the molecule is O=C(O)c1ccc2n1Cc1ccccc1N(C(=O)c1ccc(-c3ccccc3)nc1)C2. The molecule has 0 atom stereocenters. The van der Waals surface area contributed by atoms with Crippen LogP contribution in [0, 0.1) is 0 Å². The molecule has 5 rings (SSSR count). The number of benzene rings is 2.